The van der Waals surface area contributed by atoms with Gasteiger partial charge in [-0.2, -0.15) is 0 Å². The molecule has 0 aliphatic heterocycles. The zero-order valence-electron chi connectivity index (χ0n) is 65.0. The highest BCUT2D eigenvalue weighted by molar-refractivity contribution is 5.70. The fourth-order valence-corrected chi connectivity index (χ4v) is 14.9. The third-order valence-electron chi connectivity index (χ3n) is 21.5. The number of nitrogens with zero attached hydrogens (tertiary/aromatic N) is 4. The molecule has 2 fully saturated rings. The number of hydrogen-bond donors (Lipinski definition) is 0. The summed E-state index contributed by atoms with van der Waals surface area (Å²) in [6.07, 6.45) is 65.9. The van der Waals surface area contributed by atoms with Crippen molar-refractivity contribution in [1.29, 1.82) is 0 Å². The van der Waals surface area contributed by atoms with Crippen molar-refractivity contribution in [2.24, 2.45) is 17.8 Å². The molecule has 2 unspecified atom stereocenters. The molecule has 0 amide bonds. The molecule has 0 aromatic rings. The SMILES string of the molecule is CCCCCC(CCCC)OC(=O)CCCCCCCCCN(CCCCCCCCCC(=O)OC(CCCC)CCCCC)CCN(C)CC1CCC(CCOC(=O)CCCCCCCCCN(CCCCCCCCCC(=O)OCCC2CCCCC2)CCN(C)C)CC1. The summed E-state index contributed by atoms with van der Waals surface area (Å²) < 4.78 is 23.2. The summed E-state index contributed by atoms with van der Waals surface area (Å²) in [5, 5.41) is 0. The fraction of sp³-hybridized carbons (Fsp3) is 0.952. The van der Waals surface area contributed by atoms with Gasteiger partial charge in [-0.1, -0.05) is 252 Å². The Kier molecular flexibility index (Phi) is 61.7. The lowest BCUT2D eigenvalue weighted by atomic mass is 9.80. The minimum absolute atomic E-state index is 0.00294. The predicted molar refractivity (Wildman–Crippen MR) is 407 cm³/mol. The van der Waals surface area contributed by atoms with Crippen molar-refractivity contribution in [3.05, 3.63) is 0 Å². The van der Waals surface area contributed by atoms with E-state index in [1.165, 1.54) is 245 Å². The molecular formula is C84H162N4O8. The van der Waals surface area contributed by atoms with E-state index in [2.05, 4.69) is 68.4 Å². The number of ether oxygens (including phenoxy) is 4. The molecule has 12 heteroatoms. The summed E-state index contributed by atoms with van der Waals surface area (Å²) in [6.45, 7) is 20.6. The molecule has 0 radical (unpaired) electrons. The van der Waals surface area contributed by atoms with Crippen LogP contribution in [0.2, 0.25) is 0 Å². The smallest absolute Gasteiger partial charge is 0.306 e. The highest BCUT2D eigenvalue weighted by atomic mass is 16.6. The van der Waals surface area contributed by atoms with Gasteiger partial charge in [-0.15, -0.1) is 0 Å². The molecule has 2 saturated carbocycles. The van der Waals surface area contributed by atoms with Gasteiger partial charge >= 0.3 is 23.9 Å². The number of esters is 4. The van der Waals surface area contributed by atoms with Crippen molar-refractivity contribution in [3.8, 4) is 0 Å². The Balaban J connectivity index is 1.59. The minimum Gasteiger partial charge on any atom is -0.466 e. The number of carbonyl (C=O) groups is 4. The van der Waals surface area contributed by atoms with Gasteiger partial charge < -0.3 is 38.5 Å². The third-order valence-corrected chi connectivity index (χ3v) is 21.5. The maximum atomic E-state index is 12.7. The lowest BCUT2D eigenvalue weighted by Gasteiger charge is -2.32. The van der Waals surface area contributed by atoms with Gasteiger partial charge in [0, 0.05) is 58.4 Å². The molecule has 0 N–H and O–H groups in total. The maximum absolute atomic E-state index is 12.7. The molecule has 2 aliphatic carbocycles. The molecule has 2 rings (SSSR count). The van der Waals surface area contributed by atoms with Crippen LogP contribution in [-0.2, 0) is 38.1 Å². The first kappa shape index (κ1) is 89.8. The van der Waals surface area contributed by atoms with Gasteiger partial charge in [0.1, 0.15) is 12.2 Å². The number of hydrogen-bond acceptors (Lipinski definition) is 12. The van der Waals surface area contributed by atoms with Gasteiger partial charge in [-0.05, 0) is 181 Å². The predicted octanol–water partition coefficient (Wildman–Crippen LogP) is 22.2. The molecule has 12 nitrogen and oxygen atoms in total. The molecule has 0 heterocycles. The van der Waals surface area contributed by atoms with Crippen LogP contribution < -0.4 is 0 Å². The Morgan fingerprint density at radius 3 is 0.990 bits per heavy atom. The first-order valence-electron chi connectivity index (χ1n) is 42.4. The topological polar surface area (TPSA) is 118 Å². The molecule has 2 aliphatic rings. The first-order valence-corrected chi connectivity index (χ1v) is 42.4. The van der Waals surface area contributed by atoms with Crippen LogP contribution in [0.3, 0.4) is 0 Å². The highest BCUT2D eigenvalue weighted by Crippen LogP contribution is 2.32. The maximum Gasteiger partial charge on any atom is 0.306 e. The Labute approximate surface area is 595 Å². The van der Waals surface area contributed by atoms with Crippen molar-refractivity contribution >= 4 is 23.9 Å². The summed E-state index contributed by atoms with van der Waals surface area (Å²) in [4.78, 5) is 60.6. The first-order chi connectivity index (χ1) is 46.9. The van der Waals surface area contributed by atoms with Crippen LogP contribution in [-0.4, -0.2) is 149 Å². The van der Waals surface area contributed by atoms with E-state index in [9.17, 15) is 19.2 Å². The molecule has 0 saturated heterocycles. The van der Waals surface area contributed by atoms with Gasteiger partial charge in [0.25, 0.3) is 0 Å². The molecule has 0 spiro atoms. The summed E-state index contributed by atoms with van der Waals surface area (Å²) in [7, 11) is 6.71. The standard InChI is InChI=1S/C84H162N4O8/c1-8-12-37-53-79(51-14-10-3)95-83(91)57-43-30-22-18-26-34-47-67-88(68-48-35-27-19-23-31-44-58-84(92)96-80(52-15-11-4)54-38-13-9-2)72-70-86(7)75-78-61-59-77(60-62-78)64-74-94-82(90)56-42-29-21-17-25-33-46-66-87(71-69-85(5)6)65-45-32-24-16-20-28-41-55-81(89)93-73-63-76-49-39-36-40-50-76/h76-80H,8-75H2,1-7H3. The van der Waals surface area contributed by atoms with Crippen LogP contribution in [0.15, 0.2) is 0 Å². The Hall–Kier alpha value is -2.28. The highest BCUT2D eigenvalue weighted by Gasteiger charge is 2.24. The normalized spacial score (nSPS) is 16.1. The van der Waals surface area contributed by atoms with E-state index in [0.717, 1.165) is 166 Å². The van der Waals surface area contributed by atoms with Crippen molar-refractivity contribution in [3.63, 3.8) is 0 Å². The van der Waals surface area contributed by atoms with Gasteiger partial charge in [0.15, 0.2) is 0 Å². The Morgan fingerprint density at radius 2 is 0.625 bits per heavy atom. The number of carbonyl (C=O) groups excluding carboxylic acids is 4. The van der Waals surface area contributed by atoms with Gasteiger partial charge in [0.05, 0.1) is 13.2 Å². The molecular weight excluding hydrogens is 1190 g/mol. The van der Waals surface area contributed by atoms with Gasteiger partial charge in [0.2, 0.25) is 0 Å². The summed E-state index contributed by atoms with van der Waals surface area (Å²) >= 11 is 0. The zero-order valence-corrected chi connectivity index (χ0v) is 65.0. The summed E-state index contributed by atoms with van der Waals surface area (Å²) in [5.74, 6) is 2.27. The van der Waals surface area contributed by atoms with Crippen molar-refractivity contribution in [2.75, 3.05) is 93.3 Å². The fourth-order valence-electron chi connectivity index (χ4n) is 14.9. The van der Waals surface area contributed by atoms with E-state index >= 15 is 0 Å². The van der Waals surface area contributed by atoms with E-state index in [-0.39, 0.29) is 36.1 Å². The lowest BCUT2D eigenvalue weighted by molar-refractivity contribution is -0.151. The summed E-state index contributed by atoms with van der Waals surface area (Å²) in [6, 6.07) is 0. The zero-order chi connectivity index (χ0) is 69.4. The van der Waals surface area contributed by atoms with Gasteiger partial charge in [-0.3, -0.25) is 19.2 Å². The monoisotopic (exact) mass is 1360 g/mol. The largest absolute Gasteiger partial charge is 0.466 e. The van der Waals surface area contributed by atoms with Crippen molar-refractivity contribution < 1.29 is 38.1 Å². The van der Waals surface area contributed by atoms with E-state index < -0.39 is 0 Å². The van der Waals surface area contributed by atoms with Crippen LogP contribution in [0.4, 0.5) is 0 Å². The van der Waals surface area contributed by atoms with Crippen LogP contribution in [0.1, 0.15) is 394 Å². The second kappa shape index (κ2) is 66.0. The molecule has 0 bridgehead atoms. The minimum atomic E-state index is 0.00294. The van der Waals surface area contributed by atoms with Crippen LogP contribution in [0, 0.1) is 17.8 Å². The molecule has 96 heavy (non-hydrogen) atoms. The Bertz CT molecular complexity index is 1690. The van der Waals surface area contributed by atoms with Crippen molar-refractivity contribution in [1.82, 2.24) is 19.6 Å². The molecule has 0 aromatic carbocycles. The van der Waals surface area contributed by atoms with Crippen LogP contribution in [0.5, 0.6) is 0 Å². The third kappa shape index (κ3) is 56.4. The molecule has 0 aromatic heterocycles. The van der Waals surface area contributed by atoms with Crippen LogP contribution >= 0.6 is 0 Å². The number of unbranched alkanes of at least 4 members (excludes halogenated alkanes) is 30. The Morgan fingerprint density at radius 1 is 0.312 bits per heavy atom. The average Bonchev–Trinajstić information content (AvgIpc) is 1.51. The quantitative estimate of drug-likeness (QED) is 0.0328. The van der Waals surface area contributed by atoms with Crippen LogP contribution in [0.25, 0.3) is 0 Å². The number of rotatable bonds is 70. The second-order valence-corrected chi connectivity index (χ2v) is 31.1. The van der Waals surface area contributed by atoms with E-state index in [1.807, 2.05) is 0 Å². The lowest BCUT2D eigenvalue weighted by Crippen LogP contribution is -2.37. The van der Waals surface area contributed by atoms with E-state index in [1.54, 1.807) is 0 Å². The second-order valence-electron chi connectivity index (χ2n) is 31.1. The van der Waals surface area contributed by atoms with Crippen molar-refractivity contribution in [2.45, 2.75) is 406 Å². The number of likely N-dealkylation sites (N-methyl/N-ethyl adjacent to an activating group) is 2. The van der Waals surface area contributed by atoms with E-state index in [4.69, 9.17) is 18.9 Å². The van der Waals surface area contributed by atoms with E-state index in [0.29, 0.717) is 44.8 Å². The molecule has 566 valence electrons. The molecule has 2 atom stereocenters. The van der Waals surface area contributed by atoms with Gasteiger partial charge in [-0.25, -0.2) is 0 Å². The summed E-state index contributed by atoms with van der Waals surface area (Å²) in [5.41, 5.74) is 0. The average molecular weight is 1360 g/mol.